The van der Waals surface area contributed by atoms with Crippen molar-refractivity contribution >= 4 is 12.0 Å². The molecule has 0 fully saturated rings. The second kappa shape index (κ2) is 7.24. The van der Waals surface area contributed by atoms with Gasteiger partial charge in [-0.05, 0) is 29.8 Å². The van der Waals surface area contributed by atoms with E-state index in [1.165, 1.54) is 19.3 Å². The maximum atomic E-state index is 13.4. The maximum Gasteiger partial charge on any atom is 0.330 e. The molecular formula is C17H15FO3. The summed E-state index contributed by atoms with van der Waals surface area (Å²) >= 11 is 0. The highest BCUT2D eigenvalue weighted by Gasteiger charge is 2.01. The van der Waals surface area contributed by atoms with E-state index in [1.54, 1.807) is 48.5 Å². The fourth-order valence-electron chi connectivity index (χ4n) is 1.68. The Hall–Kier alpha value is -2.62. The van der Waals surface area contributed by atoms with Gasteiger partial charge in [-0.15, -0.1) is 0 Å². The summed E-state index contributed by atoms with van der Waals surface area (Å²) in [6.45, 7) is 0.171. The minimum atomic E-state index is -0.408. The van der Waals surface area contributed by atoms with E-state index in [1.807, 2.05) is 0 Å². The van der Waals surface area contributed by atoms with Crippen LogP contribution in [-0.2, 0) is 16.1 Å². The van der Waals surface area contributed by atoms with Crippen molar-refractivity contribution in [2.75, 3.05) is 7.11 Å². The molecule has 2 rings (SSSR count). The van der Waals surface area contributed by atoms with E-state index in [2.05, 4.69) is 4.74 Å². The summed E-state index contributed by atoms with van der Waals surface area (Å²) in [7, 11) is 1.33. The van der Waals surface area contributed by atoms with Crippen LogP contribution in [0.5, 0.6) is 5.75 Å². The maximum absolute atomic E-state index is 13.4. The van der Waals surface area contributed by atoms with E-state index < -0.39 is 5.97 Å². The first-order chi connectivity index (χ1) is 10.2. The Kier molecular flexibility index (Phi) is 5.10. The van der Waals surface area contributed by atoms with Crippen LogP contribution in [0.2, 0.25) is 0 Å². The van der Waals surface area contributed by atoms with Crippen LogP contribution in [0, 0.1) is 5.82 Å². The minimum Gasteiger partial charge on any atom is -0.489 e. The van der Waals surface area contributed by atoms with Gasteiger partial charge >= 0.3 is 5.97 Å². The van der Waals surface area contributed by atoms with Gasteiger partial charge in [0.15, 0.2) is 0 Å². The van der Waals surface area contributed by atoms with E-state index in [0.717, 1.165) is 5.56 Å². The number of hydrogen-bond donors (Lipinski definition) is 0. The summed E-state index contributed by atoms with van der Waals surface area (Å²) in [5.74, 6) is -0.0570. The predicted molar refractivity (Wildman–Crippen MR) is 78.2 cm³/mol. The van der Waals surface area contributed by atoms with E-state index in [9.17, 15) is 9.18 Å². The zero-order chi connectivity index (χ0) is 15.1. The number of benzene rings is 2. The first-order valence-electron chi connectivity index (χ1n) is 6.41. The molecule has 21 heavy (non-hydrogen) atoms. The lowest BCUT2D eigenvalue weighted by molar-refractivity contribution is -0.134. The van der Waals surface area contributed by atoms with E-state index in [0.29, 0.717) is 11.3 Å². The van der Waals surface area contributed by atoms with Gasteiger partial charge < -0.3 is 9.47 Å². The van der Waals surface area contributed by atoms with Crippen LogP contribution < -0.4 is 4.74 Å². The fraction of sp³-hybridized carbons (Fsp3) is 0.118. The molecule has 0 aromatic heterocycles. The SMILES string of the molecule is COC(=O)/C=C/c1ccc(OCc2ccccc2F)cc1. The number of methoxy groups -OCH3 is 1. The third-order valence-corrected chi connectivity index (χ3v) is 2.85. The summed E-state index contributed by atoms with van der Waals surface area (Å²) in [6, 6.07) is 13.6. The zero-order valence-corrected chi connectivity index (χ0v) is 11.6. The second-order valence-electron chi connectivity index (χ2n) is 4.31. The molecule has 0 radical (unpaired) electrons. The molecule has 4 heteroatoms. The summed E-state index contributed by atoms with van der Waals surface area (Å²) < 4.78 is 23.5. The molecule has 0 aliphatic rings. The molecule has 0 saturated carbocycles. The number of carbonyl (C=O) groups excluding carboxylic acids is 1. The largest absolute Gasteiger partial charge is 0.489 e. The van der Waals surface area contributed by atoms with Crippen molar-refractivity contribution in [3.05, 3.63) is 71.6 Å². The molecule has 0 aliphatic heterocycles. The lowest BCUT2D eigenvalue weighted by Crippen LogP contribution is -1.98. The van der Waals surface area contributed by atoms with Crippen LogP contribution in [0.4, 0.5) is 4.39 Å². The van der Waals surface area contributed by atoms with Crippen LogP contribution in [0.25, 0.3) is 6.08 Å². The average molecular weight is 286 g/mol. The third kappa shape index (κ3) is 4.45. The van der Waals surface area contributed by atoms with Gasteiger partial charge in [-0.1, -0.05) is 30.3 Å². The molecule has 0 saturated heterocycles. The first-order valence-corrected chi connectivity index (χ1v) is 6.41. The normalized spacial score (nSPS) is 10.6. The van der Waals surface area contributed by atoms with Crippen LogP contribution in [0.15, 0.2) is 54.6 Å². The molecule has 0 atom stereocenters. The molecule has 2 aromatic carbocycles. The standard InChI is InChI=1S/C17H15FO3/c1-20-17(19)11-8-13-6-9-15(10-7-13)21-12-14-4-2-3-5-16(14)18/h2-11H,12H2,1H3/b11-8+. The average Bonchev–Trinajstić information content (AvgIpc) is 2.53. The Labute approximate surface area is 122 Å². The molecule has 0 unspecified atom stereocenters. The highest BCUT2D eigenvalue weighted by molar-refractivity contribution is 5.86. The van der Waals surface area contributed by atoms with Gasteiger partial charge in [0.1, 0.15) is 18.2 Å². The lowest BCUT2D eigenvalue weighted by Gasteiger charge is -2.07. The number of rotatable bonds is 5. The number of ether oxygens (including phenoxy) is 2. The van der Waals surface area contributed by atoms with Gasteiger partial charge in [-0.2, -0.15) is 0 Å². The second-order valence-corrected chi connectivity index (χ2v) is 4.31. The highest BCUT2D eigenvalue weighted by atomic mass is 19.1. The quantitative estimate of drug-likeness (QED) is 0.622. The molecule has 0 bridgehead atoms. The number of hydrogen-bond acceptors (Lipinski definition) is 3. The Morgan fingerprint density at radius 3 is 2.52 bits per heavy atom. The minimum absolute atomic E-state index is 0.171. The number of halogens is 1. The van der Waals surface area contributed by atoms with Crippen LogP contribution >= 0.6 is 0 Å². The molecule has 3 nitrogen and oxygen atoms in total. The van der Waals surface area contributed by atoms with E-state index in [-0.39, 0.29) is 12.4 Å². The van der Waals surface area contributed by atoms with Crippen molar-refractivity contribution in [3.63, 3.8) is 0 Å². The summed E-state index contributed by atoms with van der Waals surface area (Å²) in [5.41, 5.74) is 1.35. The molecule has 108 valence electrons. The number of carbonyl (C=O) groups is 1. The molecule has 0 N–H and O–H groups in total. The van der Waals surface area contributed by atoms with Gasteiger partial charge in [0.2, 0.25) is 0 Å². The molecule has 0 heterocycles. The summed E-state index contributed by atoms with van der Waals surface area (Å²) in [4.78, 5) is 11.0. The fourth-order valence-corrected chi connectivity index (χ4v) is 1.68. The zero-order valence-electron chi connectivity index (χ0n) is 11.6. The van der Waals surface area contributed by atoms with Crippen molar-refractivity contribution in [3.8, 4) is 5.75 Å². The third-order valence-electron chi connectivity index (χ3n) is 2.85. The summed E-state index contributed by atoms with van der Waals surface area (Å²) in [5, 5.41) is 0. The van der Waals surface area contributed by atoms with Crippen molar-refractivity contribution in [1.82, 2.24) is 0 Å². The van der Waals surface area contributed by atoms with Gasteiger partial charge in [0, 0.05) is 11.6 Å². The Morgan fingerprint density at radius 1 is 1.14 bits per heavy atom. The number of esters is 1. The molecule has 0 aliphatic carbocycles. The van der Waals surface area contributed by atoms with Gasteiger partial charge in [-0.25, -0.2) is 9.18 Å². The van der Waals surface area contributed by atoms with Crippen molar-refractivity contribution in [1.29, 1.82) is 0 Å². The molecule has 0 amide bonds. The Balaban J connectivity index is 1.95. The highest BCUT2D eigenvalue weighted by Crippen LogP contribution is 2.16. The van der Waals surface area contributed by atoms with Crippen molar-refractivity contribution in [2.24, 2.45) is 0 Å². The smallest absolute Gasteiger partial charge is 0.330 e. The first kappa shape index (κ1) is 14.8. The van der Waals surface area contributed by atoms with Crippen LogP contribution in [0.1, 0.15) is 11.1 Å². The Bertz CT molecular complexity index is 633. The van der Waals surface area contributed by atoms with Crippen molar-refractivity contribution < 1.29 is 18.7 Å². The summed E-state index contributed by atoms with van der Waals surface area (Å²) in [6.07, 6.45) is 2.99. The Morgan fingerprint density at radius 2 is 1.86 bits per heavy atom. The van der Waals surface area contributed by atoms with E-state index >= 15 is 0 Å². The predicted octanol–water partition coefficient (Wildman–Crippen LogP) is 3.59. The molecular weight excluding hydrogens is 271 g/mol. The molecule has 2 aromatic rings. The van der Waals surface area contributed by atoms with Crippen molar-refractivity contribution in [2.45, 2.75) is 6.61 Å². The van der Waals surface area contributed by atoms with Gasteiger partial charge in [0.25, 0.3) is 0 Å². The van der Waals surface area contributed by atoms with Gasteiger partial charge in [0.05, 0.1) is 7.11 Å². The monoisotopic (exact) mass is 286 g/mol. The van der Waals surface area contributed by atoms with Crippen LogP contribution in [0.3, 0.4) is 0 Å². The van der Waals surface area contributed by atoms with Gasteiger partial charge in [-0.3, -0.25) is 0 Å². The molecule has 0 spiro atoms. The van der Waals surface area contributed by atoms with Crippen LogP contribution in [-0.4, -0.2) is 13.1 Å². The lowest BCUT2D eigenvalue weighted by atomic mass is 10.2. The van der Waals surface area contributed by atoms with E-state index in [4.69, 9.17) is 4.74 Å². The topological polar surface area (TPSA) is 35.5 Å².